The van der Waals surface area contributed by atoms with Crippen molar-refractivity contribution in [1.82, 2.24) is 4.98 Å². The molecule has 1 heterocycles. The molecular weight excluding hydrogens is 334 g/mol. The van der Waals surface area contributed by atoms with E-state index in [-0.39, 0.29) is 22.9 Å². The average molecular weight is 350 g/mol. The Morgan fingerprint density at radius 3 is 2.48 bits per heavy atom. The normalized spacial score (nSPS) is 11.7. The number of hydrogen-bond acceptors (Lipinski definition) is 4. The fraction of sp³-hybridized carbons (Fsp3) is 0.176. The zero-order valence-electron chi connectivity index (χ0n) is 12.6. The van der Waals surface area contributed by atoms with E-state index in [4.69, 9.17) is 11.6 Å². The van der Waals surface area contributed by atoms with Crippen LogP contribution in [0, 0.1) is 6.92 Å². The van der Waals surface area contributed by atoms with E-state index in [1.54, 1.807) is 42.5 Å². The van der Waals surface area contributed by atoms with Crippen molar-refractivity contribution in [1.29, 1.82) is 0 Å². The molecule has 120 valence electrons. The van der Waals surface area contributed by atoms with Crippen LogP contribution < -0.4 is 0 Å². The largest absolute Gasteiger partial charge is 0.295 e. The second-order valence-corrected chi connectivity index (χ2v) is 7.59. The topological polar surface area (TPSA) is 64.1 Å². The van der Waals surface area contributed by atoms with E-state index in [0.717, 1.165) is 11.1 Å². The van der Waals surface area contributed by atoms with Crippen molar-refractivity contribution < 1.29 is 13.2 Å². The molecular formula is C17H16ClNO3S. The first-order valence-corrected chi connectivity index (χ1v) is 9.02. The Balaban J connectivity index is 1.95. The molecule has 0 atom stereocenters. The number of benzene rings is 1. The highest BCUT2D eigenvalue weighted by Gasteiger charge is 2.15. The third kappa shape index (κ3) is 5.30. The minimum atomic E-state index is -3.45. The number of sulfone groups is 1. The van der Waals surface area contributed by atoms with Crippen molar-refractivity contribution in [3.63, 3.8) is 0 Å². The zero-order chi connectivity index (χ0) is 16.9. The molecule has 0 radical (unpaired) electrons. The van der Waals surface area contributed by atoms with E-state index in [0.29, 0.717) is 5.15 Å². The van der Waals surface area contributed by atoms with Gasteiger partial charge in [0.15, 0.2) is 15.6 Å². The lowest BCUT2D eigenvalue weighted by molar-refractivity contribution is -0.114. The number of aryl methyl sites for hydroxylation is 1. The smallest absolute Gasteiger partial charge is 0.178 e. The molecule has 4 nitrogen and oxygen atoms in total. The van der Waals surface area contributed by atoms with Gasteiger partial charge in [-0.05, 0) is 42.8 Å². The van der Waals surface area contributed by atoms with Crippen molar-refractivity contribution >= 4 is 33.3 Å². The number of ketones is 1. The molecule has 1 aromatic carbocycles. The predicted molar refractivity (Wildman–Crippen MR) is 91.1 cm³/mol. The van der Waals surface area contributed by atoms with Crippen LogP contribution in [0.1, 0.15) is 17.5 Å². The lowest BCUT2D eigenvalue weighted by Gasteiger charge is -2.03. The van der Waals surface area contributed by atoms with Gasteiger partial charge >= 0.3 is 0 Å². The van der Waals surface area contributed by atoms with E-state index in [1.807, 2.05) is 6.92 Å². The van der Waals surface area contributed by atoms with Crippen LogP contribution in [0.3, 0.4) is 0 Å². The molecule has 0 aliphatic carbocycles. The molecule has 23 heavy (non-hydrogen) atoms. The molecule has 0 unspecified atom stereocenters. The molecule has 0 bridgehead atoms. The minimum absolute atomic E-state index is 0.0618. The maximum Gasteiger partial charge on any atom is 0.178 e. The summed E-state index contributed by atoms with van der Waals surface area (Å²) in [5, 5.41) is 0.373. The highest BCUT2D eigenvalue weighted by molar-refractivity contribution is 7.91. The number of pyridine rings is 1. The molecule has 1 aromatic heterocycles. The van der Waals surface area contributed by atoms with E-state index < -0.39 is 9.84 Å². The van der Waals surface area contributed by atoms with E-state index in [9.17, 15) is 13.2 Å². The van der Waals surface area contributed by atoms with Gasteiger partial charge in [-0.25, -0.2) is 13.4 Å². The first-order chi connectivity index (χ1) is 10.9. The number of allylic oxidation sites excluding steroid dienone is 1. The Morgan fingerprint density at radius 2 is 1.87 bits per heavy atom. The Morgan fingerprint density at radius 1 is 1.17 bits per heavy atom. The molecule has 0 fully saturated rings. The van der Waals surface area contributed by atoms with Gasteiger partial charge in [-0.3, -0.25) is 4.79 Å². The van der Waals surface area contributed by atoms with Crippen LogP contribution in [-0.2, 0) is 14.6 Å². The predicted octanol–water partition coefficient (Wildman–Crippen LogP) is 3.49. The van der Waals surface area contributed by atoms with Gasteiger partial charge in [0.25, 0.3) is 0 Å². The zero-order valence-corrected chi connectivity index (χ0v) is 14.1. The summed E-state index contributed by atoms with van der Waals surface area (Å²) < 4.78 is 24.3. The van der Waals surface area contributed by atoms with Crippen LogP contribution >= 0.6 is 11.6 Å². The van der Waals surface area contributed by atoms with E-state index in [1.165, 1.54) is 12.3 Å². The molecule has 0 saturated carbocycles. The number of carbonyl (C=O) groups excluding carboxylic acids is 1. The van der Waals surface area contributed by atoms with Gasteiger partial charge in [0.2, 0.25) is 0 Å². The summed E-state index contributed by atoms with van der Waals surface area (Å²) in [4.78, 5) is 16.0. The van der Waals surface area contributed by atoms with Gasteiger partial charge < -0.3 is 0 Å². The number of nitrogens with zero attached hydrogens (tertiary/aromatic N) is 1. The fourth-order valence-corrected chi connectivity index (χ4v) is 3.22. The van der Waals surface area contributed by atoms with Crippen molar-refractivity contribution in [3.05, 3.63) is 65.0 Å². The first-order valence-electron chi connectivity index (χ1n) is 6.99. The number of rotatable bonds is 6. The Kier molecular flexibility index (Phi) is 5.69. The van der Waals surface area contributed by atoms with Crippen LogP contribution in [0.2, 0.25) is 5.15 Å². The lowest BCUT2D eigenvalue weighted by atomic mass is 10.2. The van der Waals surface area contributed by atoms with Gasteiger partial charge in [-0.15, -0.1) is 0 Å². The molecule has 0 aliphatic rings. The molecule has 0 spiro atoms. The highest BCUT2D eigenvalue weighted by Crippen LogP contribution is 2.13. The summed E-state index contributed by atoms with van der Waals surface area (Å²) >= 11 is 5.67. The standard InChI is InChI=1S/C17H16ClNO3S/c1-13-2-7-16(8-3-13)23(21,22)11-10-15(20)6-4-14-5-9-17(18)19-12-14/h2-9,12H,10-11H2,1H3/b6-4+. The van der Waals surface area contributed by atoms with Gasteiger partial charge in [-0.2, -0.15) is 0 Å². The second-order valence-electron chi connectivity index (χ2n) is 5.10. The summed E-state index contributed by atoms with van der Waals surface area (Å²) in [5.74, 6) is -0.464. The fourth-order valence-electron chi connectivity index (χ4n) is 1.86. The first kappa shape index (κ1) is 17.4. The van der Waals surface area contributed by atoms with Crippen LogP contribution in [0.5, 0.6) is 0 Å². The highest BCUT2D eigenvalue weighted by atomic mass is 35.5. The van der Waals surface area contributed by atoms with Crippen LogP contribution in [0.4, 0.5) is 0 Å². The van der Waals surface area contributed by atoms with Crippen molar-refractivity contribution in [2.24, 2.45) is 0 Å². The number of hydrogen-bond donors (Lipinski definition) is 0. The maximum atomic E-state index is 12.2. The van der Waals surface area contributed by atoms with Crippen LogP contribution in [-0.4, -0.2) is 24.9 Å². The third-order valence-electron chi connectivity index (χ3n) is 3.21. The Bertz CT molecular complexity index is 810. The molecule has 0 aliphatic heterocycles. The van der Waals surface area contributed by atoms with E-state index >= 15 is 0 Å². The third-order valence-corrected chi connectivity index (χ3v) is 5.16. The monoisotopic (exact) mass is 349 g/mol. The van der Waals surface area contributed by atoms with Crippen LogP contribution in [0.15, 0.2) is 53.6 Å². The van der Waals surface area contributed by atoms with Gasteiger partial charge in [0.1, 0.15) is 5.15 Å². The molecule has 0 saturated heterocycles. The summed E-state index contributed by atoms with van der Waals surface area (Å²) in [5.41, 5.74) is 1.71. The summed E-state index contributed by atoms with van der Waals surface area (Å²) in [7, 11) is -3.45. The number of carbonyl (C=O) groups is 1. The molecule has 6 heteroatoms. The maximum absolute atomic E-state index is 12.2. The summed E-state index contributed by atoms with van der Waals surface area (Å²) in [6, 6.07) is 9.94. The van der Waals surface area contributed by atoms with Gasteiger partial charge in [0.05, 0.1) is 10.6 Å². The summed E-state index contributed by atoms with van der Waals surface area (Å²) in [6.07, 6.45) is 4.42. The van der Waals surface area contributed by atoms with Crippen LogP contribution in [0.25, 0.3) is 6.08 Å². The van der Waals surface area contributed by atoms with Crippen molar-refractivity contribution in [2.75, 3.05) is 5.75 Å². The van der Waals surface area contributed by atoms with E-state index in [2.05, 4.69) is 4.98 Å². The summed E-state index contributed by atoms with van der Waals surface area (Å²) in [6.45, 7) is 1.89. The van der Waals surface area contributed by atoms with Gasteiger partial charge in [-0.1, -0.05) is 35.4 Å². The number of halogens is 1. The van der Waals surface area contributed by atoms with Crippen molar-refractivity contribution in [2.45, 2.75) is 18.2 Å². The SMILES string of the molecule is Cc1ccc(S(=O)(=O)CCC(=O)/C=C/c2ccc(Cl)nc2)cc1. The Hall–Kier alpha value is -1.98. The molecule has 0 amide bonds. The minimum Gasteiger partial charge on any atom is -0.295 e. The second kappa shape index (κ2) is 7.53. The molecule has 0 N–H and O–H groups in total. The quantitative estimate of drug-likeness (QED) is 0.591. The average Bonchev–Trinajstić information content (AvgIpc) is 2.53. The molecule has 2 rings (SSSR count). The van der Waals surface area contributed by atoms with Crippen molar-refractivity contribution in [3.8, 4) is 0 Å². The number of aromatic nitrogens is 1. The molecule has 2 aromatic rings. The lowest BCUT2D eigenvalue weighted by Crippen LogP contribution is -2.10. The Labute approximate surface area is 140 Å². The van der Waals surface area contributed by atoms with Gasteiger partial charge in [0, 0.05) is 12.6 Å².